The molecule has 5 nitrogen and oxygen atoms in total. The zero-order valence-corrected chi connectivity index (χ0v) is 15.0. The number of hydrogen-bond donors (Lipinski definition) is 0. The molecule has 1 aromatic rings. The molecule has 2 unspecified atom stereocenters. The standard InChI is InChI=1S/C18H20BrNO4/c19-18-8-13-5-14(9-18)7-17(6-13,11-18)16(21)24-10-12-1-3-15(4-2-12)20(22)23/h1-4,13-14H,5-11H2/t13-,14+,17?,18?. The van der Waals surface area contributed by atoms with E-state index in [1.165, 1.54) is 31.4 Å². The summed E-state index contributed by atoms with van der Waals surface area (Å²) in [7, 11) is 0. The van der Waals surface area contributed by atoms with Crippen LogP contribution in [0.2, 0.25) is 0 Å². The second-order valence-corrected chi connectivity index (χ2v) is 9.57. The average Bonchev–Trinajstić information content (AvgIpc) is 2.50. The van der Waals surface area contributed by atoms with E-state index < -0.39 is 4.92 Å². The Morgan fingerprint density at radius 2 is 1.83 bits per heavy atom. The van der Waals surface area contributed by atoms with Crippen LogP contribution in [0.1, 0.15) is 44.1 Å². The number of nitrogens with zero attached hydrogens (tertiary/aromatic N) is 1. The van der Waals surface area contributed by atoms with Crippen molar-refractivity contribution in [3.05, 3.63) is 39.9 Å². The van der Waals surface area contributed by atoms with Gasteiger partial charge in [-0.2, -0.15) is 0 Å². The Kier molecular flexibility index (Phi) is 3.71. The quantitative estimate of drug-likeness (QED) is 0.329. The van der Waals surface area contributed by atoms with Gasteiger partial charge in [-0.3, -0.25) is 14.9 Å². The summed E-state index contributed by atoms with van der Waals surface area (Å²) in [6.07, 6.45) is 6.41. The van der Waals surface area contributed by atoms with Gasteiger partial charge in [-0.1, -0.05) is 15.9 Å². The van der Waals surface area contributed by atoms with Crippen LogP contribution in [-0.4, -0.2) is 15.2 Å². The van der Waals surface area contributed by atoms with Crippen molar-refractivity contribution in [2.45, 2.75) is 49.5 Å². The normalized spacial score (nSPS) is 36.5. The molecular formula is C18H20BrNO4. The molecular weight excluding hydrogens is 374 g/mol. The Bertz CT molecular complexity index is 673. The Morgan fingerprint density at radius 1 is 1.21 bits per heavy atom. The summed E-state index contributed by atoms with van der Waals surface area (Å²) >= 11 is 3.91. The van der Waals surface area contributed by atoms with E-state index in [1.807, 2.05) is 0 Å². The average molecular weight is 394 g/mol. The van der Waals surface area contributed by atoms with Gasteiger partial charge < -0.3 is 4.74 Å². The van der Waals surface area contributed by atoms with Crippen molar-refractivity contribution in [1.82, 2.24) is 0 Å². The third-order valence-corrected chi connectivity index (χ3v) is 6.87. The fourth-order valence-electron chi connectivity index (χ4n) is 5.41. The second-order valence-electron chi connectivity index (χ2n) is 7.89. The number of ether oxygens (including phenoxy) is 1. The number of rotatable bonds is 4. The number of benzene rings is 1. The molecule has 4 fully saturated rings. The lowest BCUT2D eigenvalue weighted by Crippen LogP contribution is -2.56. The van der Waals surface area contributed by atoms with Crippen molar-refractivity contribution >= 4 is 27.6 Å². The van der Waals surface area contributed by atoms with E-state index in [-0.39, 0.29) is 28.0 Å². The van der Waals surface area contributed by atoms with E-state index >= 15 is 0 Å². The Labute approximate surface area is 149 Å². The lowest BCUT2D eigenvalue weighted by Gasteiger charge is -2.58. The van der Waals surface area contributed by atoms with E-state index in [0.717, 1.165) is 24.8 Å². The Hall–Kier alpha value is -1.43. The predicted molar refractivity (Wildman–Crippen MR) is 91.7 cm³/mol. The minimum absolute atomic E-state index is 0.0485. The summed E-state index contributed by atoms with van der Waals surface area (Å²) in [5.41, 5.74) is 0.508. The molecule has 4 atom stereocenters. The van der Waals surface area contributed by atoms with Crippen LogP contribution in [0.25, 0.3) is 0 Å². The van der Waals surface area contributed by atoms with Crippen molar-refractivity contribution in [2.24, 2.45) is 17.3 Å². The van der Waals surface area contributed by atoms with E-state index in [0.29, 0.717) is 11.8 Å². The Balaban J connectivity index is 1.44. The smallest absolute Gasteiger partial charge is 0.312 e. The third-order valence-electron chi connectivity index (χ3n) is 5.94. The molecule has 4 aliphatic carbocycles. The molecule has 4 aliphatic rings. The van der Waals surface area contributed by atoms with Crippen molar-refractivity contribution in [3.63, 3.8) is 0 Å². The molecule has 24 heavy (non-hydrogen) atoms. The number of hydrogen-bond acceptors (Lipinski definition) is 4. The molecule has 0 saturated heterocycles. The summed E-state index contributed by atoms with van der Waals surface area (Å²) in [5.74, 6) is 1.19. The molecule has 0 aromatic heterocycles. The van der Waals surface area contributed by atoms with Gasteiger partial charge in [0, 0.05) is 16.5 Å². The van der Waals surface area contributed by atoms with Gasteiger partial charge in [0.1, 0.15) is 6.61 Å². The highest BCUT2D eigenvalue weighted by atomic mass is 79.9. The molecule has 6 heteroatoms. The summed E-state index contributed by atoms with van der Waals surface area (Å²) in [5, 5.41) is 10.7. The number of halogens is 1. The summed E-state index contributed by atoms with van der Waals surface area (Å²) < 4.78 is 5.76. The summed E-state index contributed by atoms with van der Waals surface area (Å²) in [6, 6.07) is 6.19. The maximum absolute atomic E-state index is 12.8. The van der Waals surface area contributed by atoms with Crippen LogP contribution < -0.4 is 0 Å². The maximum Gasteiger partial charge on any atom is 0.312 e. The zero-order valence-electron chi connectivity index (χ0n) is 13.4. The monoisotopic (exact) mass is 393 g/mol. The first-order valence-corrected chi connectivity index (χ1v) is 9.26. The van der Waals surface area contributed by atoms with Gasteiger partial charge in [-0.05, 0) is 68.1 Å². The number of esters is 1. The van der Waals surface area contributed by atoms with Crippen LogP contribution in [-0.2, 0) is 16.1 Å². The first-order valence-electron chi connectivity index (χ1n) is 8.47. The first-order chi connectivity index (χ1) is 11.4. The molecule has 5 rings (SSSR count). The minimum Gasteiger partial charge on any atom is -0.460 e. The van der Waals surface area contributed by atoms with Gasteiger partial charge in [0.25, 0.3) is 5.69 Å². The fraction of sp³-hybridized carbons (Fsp3) is 0.611. The lowest BCUT2D eigenvalue weighted by molar-refractivity contribution is -0.384. The number of carbonyl (C=O) groups excluding carboxylic acids is 1. The number of carbonyl (C=O) groups is 1. The van der Waals surface area contributed by atoms with E-state index in [2.05, 4.69) is 15.9 Å². The molecule has 0 spiro atoms. The molecule has 4 bridgehead atoms. The van der Waals surface area contributed by atoms with Crippen molar-refractivity contribution < 1.29 is 14.5 Å². The zero-order chi connectivity index (χ0) is 16.9. The van der Waals surface area contributed by atoms with Crippen molar-refractivity contribution in [2.75, 3.05) is 0 Å². The third kappa shape index (κ3) is 2.75. The molecule has 0 N–H and O–H groups in total. The van der Waals surface area contributed by atoms with Crippen LogP contribution in [0.4, 0.5) is 5.69 Å². The van der Waals surface area contributed by atoms with E-state index in [1.54, 1.807) is 12.1 Å². The molecule has 0 radical (unpaired) electrons. The van der Waals surface area contributed by atoms with Gasteiger partial charge in [0.05, 0.1) is 10.3 Å². The SMILES string of the molecule is O=C(OCc1ccc([N+](=O)[O-])cc1)C12C[C@@H]3C[C@@H](CC(Br)(C3)C1)C2. The van der Waals surface area contributed by atoms with Gasteiger partial charge in [0.2, 0.25) is 0 Å². The van der Waals surface area contributed by atoms with Gasteiger partial charge >= 0.3 is 5.97 Å². The molecule has 1 aromatic carbocycles. The highest BCUT2D eigenvalue weighted by molar-refractivity contribution is 9.10. The molecule has 0 aliphatic heterocycles. The lowest BCUT2D eigenvalue weighted by atomic mass is 9.49. The molecule has 0 amide bonds. The van der Waals surface area contributed by atoms with Crippen LogP contribution >= 0.6 is 15.9 Å². The second kappa shape index (κ2) is 5.55. The highest BCUT2D eigenvalue weighted by Gasteiger charge is 2.60. The number of nitro benzene ring substituents is 1. The molecule has 128 valence electrons. The number of non-ortho nitro benzene ring substituents is 1. The summed E-state index contributed by atoms with van der Waals surface area (Å²) in [4.78, 5) is 23.1. The van der Waals surface area contributed by atoms with Gasteiger partial charge in [-0.25, -0.2) is 0 Å². The van der Waals surface area contributed by atoms with Crippen molar-refractivity contribution in [3.8, 4) is 0 Å². The summed E-state index contributed by atoms with van der Waals surface area (Å²) in [6.45, 7) is 0.184. The van der Waals surface area contributed by atoms with Crippen LogP contribution in [0, 0.1) is 27.4 Å². The minimum atomic E-state index is -0.430. The van der Waals surface area contributed by atoms with Crippen LogP contribution in [0.3, 0.4) is 0 Å². The van der Waals surface area contributed by atoms with Crippen LogP contribution in [0.15, 0.2) is 24.3 Å². The number of alkyl halides is 1. The highest BCUT2D eigenvalue weighted by Crippen LogP contribution is 2.64. The number of nitro groups is 1. The first kappa shape index (κ1) is 16.1. The van der Waals surface area contributed by atoms with Gasteiger partial charge in [0.15, 0.2) is 0 Å². The van der Waals surface area contributed by atoms with E-state index in [9.17, 15) is 14.9 Å². The largest absolute Gasteiger partial charge is 0.460 e. The fourth-order valence-corrected chi connectivity index (χ4v) is 6.86. The molecule has 0 heterocycles. The maximum atomic E-state index is 12.8. The predicted octanol–water partition coefficient (Wildman–Crippen LogP) is 4.37. The van der Waals surface area contributed by atoms with Crippen molar-refractivity contribution in [1.29, 1.82) is 0 Å². The topological polar surface area (TPSA) is 69.4 Å². The van der Waals surface area contributed by atoms with Gasteiger partial charge in [-0.15, -0.1) is 0 Å². The Morgan fingerprint density at radius 3 is 2.38 bits per heavy atom. The molecule has 4 saturated carbocycles. The van der Waals surface area contributed by atoms with E-state index in [4.69, 9.17) is 4.74 Å². The van der Waals surface area contributed by atoms with Crippen LogP contribution in [0.5, 0.6) is 0 Å².